The number of amides is 1. The zero-order valence-electron chi connectivity index (χ0n) is 18.8. The molecule has 35 heavy (non-hydrogen) atoms. The Bertz CT molecular complexity index is 1110. The Morgan fingerprint density at radius 3 is 2.29 bits per heavy atom. The number of anilines is 2. The number of alkyl halides is 2. The zero-order valence-corrected chi connectivity index (χ0v) is 18.8. The topological polar surface area (TPSA) is 117 Å². The smallest absolute Gasteiger partial charge is 0.387 e. The van der Waals surface area contributed by atoms with Gasteiger partial charge in [-0.1, -0.05) is 24.3 Å². The minimum atomic E-state index is -2.87. The van der Waals surface area contributed by atoms with Gasteiger partial charge in [0.05, 0.1) is 24.7 Å². The molecule has 8 nitrogen and oxygen atoms in total. The van der Waals surface area contributed by atoms with Gasteiger partial charge >= 0.3 is 6.61 Å². The third-order valence-electron chi connectivity index (χ3n) is 5.94. The highest BCUT2D eigenvalue weighted by Crippen LogP contribution is 2.25. The normalized spacial score (nSPS) is 18.3. The zero-order chi connectivity index (χ0) is 24.8. The van der Waals surface area contributed by atoms with Gasteiger partial charge in [-0.25, -0.2) is 9.97 Å². The summed E-state index contributed by atoms with van der Waals surface area (Å²) < 4.78 is 28.9. The van der Waals surface area contributed by atoms with E-state index in [1.807, 2.05) is 0 Å². The van der Waals surface area contributed by atoms with Crippen molar-refractivity contribution in [1.82, 2.24) is 15.3 Å². The number of nitrogens with zero attached hydrogens (tertiary/aromatic N) is 2. The second kappa shape index (κ2) is 11.2. The van der Waals surface area contributed by atoms with Crippen LogP contribution in [0.15, 0.2) is 60.9 Å². The minimum absolute atomic E-state index is 0.0726. The molecule has 10 heteroatoms. The first-order chi connectivity index (χ1) is 16.9. The van der Waals surface area contributed by atoms with Crippen LogP contribution in [0.2, 0.25) is 0 Å². The van der Waals surface area contributed by atoms with Crippen LogP contribution >= 0.6 is 0 Å². The molecule has 1 fully saturated rings. The molecule has 2 aromatic carbocycles. The first kappa shape index (κ1) is 24.5. The van der Waals surface area contributed by atoms with E-state index in [2.05, 4.69) is 25.3 Å². The standard InChI is InChI=1S/C25H26F2N4O4/c26-24(27)35-19-10-6-15(7-11-19)17-12-28-25(29-13-17)30-18-8-4-16(5-9-18)20(14-32)23(34)31-21-2-1-3-22(21)33/h4-13,20-22,24,32-33H,1-3,14H2,(H,31,34)(H,28,29,30)/t20?,21-,22-/m1/s1. The molecule has 0 radical (unpaired) electrons. The lowest BCUT2D eigenvalue weighted by Crippen LogP contribution is -2.43. The van der Waals surface area contributed by atoms with Crippen LogP contribution in [-0.2, 0) is 4.79 Å². The number of ether oxygens (including phenoxy) is 1. The molecule has 1 aromatic heterocycles. The minimum Gasteiger partial charge on any atom is -0.435 e. The summed E-state index contributed by atoms with van der Waals surface area (Å²) in [5, 5.41) is 25.6. The van der Waals surface area contributed by atoms with Crippen LogP contribution in [0.25, 0.3) is 11.1 Å². The van der Waals surface area contributed by atoms with E-state index in [1.54, 1.807) is 48.8 Å². The van der Waals surface area contributed by atoms with Gasteiger partial charge in [0.15, 0.2) is 0 Å². The third kappa shape index (κ3) is 6.28. The Labute approximate surface area is 201 Å². The molecule has 0 bridgehead atoms. The molecule has 1 amide bonds. The molecule has 4 rings (SSSR count). The van der Waals surface area contributed by atoms with Gasteiger partial charge in [-0.15, -0.1) is 0 Å². The number of aromatic nitrogens is 2. The second-order valence-corrected chi connectivity index (χ2v) is 8.29. The molecule has 1 saturated carbocycles. The van der Waals surface area contributed by atoms with Gasteiger partial charge in [-0.05, 0) is 54.7 Å². The molecule has 3 aromatic rings. The van der Waals surface area contributed by atoms with Gasteiger partial charge < -0.3 is 25.6 Å². The number of aliphatic hydroxyl groups is 2. The maximum atomic E-state index is 12.6. The summed E-state index contributed by atoms with van der Waals surface area (Å²) in [6, 6.07) is 12.9. The van der Waals surface area contributed by atoms with E-state index in [1.165, 1.54) is 12.1 Å². The molecule has 3 atom stereocenters. The van der Waals surface area contributed by atoms with Crippen LogP contribution in [0, 0.1) is 0 Å². The SMILES string of the molecule is O=C(N[C@@H]1CCC[C@H]1O)C(CO)c1ccc(Nc2ncc(-c3ccc(OC(F)F)cc3)cn2)cc1. The summed E-state index contributed by atoms with van der Waals surface area (Å²) in [5.74, 6) is -0.619. The molecule has 1 heterocycles. The monoisotopic (exact) mass is 484 g/mol. The number of hydrogen-bond acceptors (Lipinski definition) is 7. The van der Waals surface area contributed by atoms with Gasteiger partial charge in [0.1, 0.15) is 5.75 Å². The highest BCUT2D eigenvalue weighted by Gasteiger charge is 2.29. The molecule has 184 valence electrons. The first-order valence-corrected chi connectivity index (χ1v) is 11.3. The van der Waals surface area contributed by atoms with Crippen LogP contribution in [0.5, 0.6) is 5.75 Å². The van der Waals surface area contributed by atoms with Crippen LogP contribution in [0.4, 0.5) is 20.4 Å². The van der Waals surface area contributed by atoms with E-state index in [9.17, 15) is 23.8 Å². The molecule has 4 N–H and O–H groups in total. The summed E-state index contributed by atoms with van der Waals surface area (Å²) in [7, 11) is 0. The summed E-state index contributed by atoms with van der Waals surface area (Å²) >= 11 is 0. The number of aliphatic hydroxyl groups excluding tert-OH is 2. The van der Waals surface area contributed by atoms with Crippen molar-refractivity contribution >= 4 is 17.5 Å². The van der Waals surface area contributed by atoms with Gasteiger partial charge in [0.25, 0.3) is 0 Å². The van der Waals surface area contributed by atoms with Crippen LogP contribution < -0.4 is 15.4 Å². The average Bonchev–Trinajstić information content (AvgIpc) is 3.25. The Morgan fingerprint density at radius 2 is 1.71 bits per heavy atom. The number of carbonyl (C=O) groups excluding carboxylic acids is 1. The van der Waals surface area contributed by atoms with Crippen LogP contribution in [0.3, 0.4) is 0 Å². The van der Waals surface area contributed by atoms with Gasteiger partial charge in [0, 0.05) is 23.6 Å². The molecule has 0 spiro atoms. The van der Waals surface area contributed by atoms with E-state index >= 15 is 0 Å². The van der Waals surface area contributed by atoms with Gasteiger partial charge in [-0.3, -0.25) is 4.79 Å². The number of rotatable bonds is 9. The molecular formula is C25H26F2N4O4. The molecular weight excluding hydrogens is 458 g/mol. The number of nitrogens with one attached hydrogen (secondary N) is 2. The largest absolute Gasteiger partial charge is 0.435 e. The summed E-state index contributed by atoms with van der Waals surface area (Å²) in [4.78, 5) is 21.2. The van der Waals surface area contributed by atoms with E-state index in [-0.39, 0.29) is 24.3 Å². The average molecular weight is 485 g/mol. The Kier molecular flexibility index (Phi) is 7.84. The van der Waals surface area contributed by atoms with Crippen molar-refractivity contribution in [3.63, 3.8) is 0 Å². The number of benzene rings is 2. The highest BCUT2D eigenvalue weighted by atomic mass is 19.3. The lowest BCUT2D eigenvalue weighted by atomic mass is 9.98. The molecule has 0 saturated heterocycles. The summed E-state index contributed by atoms with van der Waals surface area (Å²) in [6.45, 7) is -3.22. The fourth-order valence-electron chi connectivity index (χ4n) is 4.03. The van der Waals surface area contributed by atoms with E-state index < -0.39 is 18.6 Å². The second-order valence-electron chi connectivity index (χ2n) is 8.29. The molecule has 0 aliphatic heterocycles. The maximum Gasteiger partial charge on any atom is 0.387 e. The van der Waals surface area contributed by atoms with Crippen LogP contribution in [0.1, 0.15) is 30.7 Å². The third-order valence-corrected chi connectivity index (χ3v) is 5.94. The number of halogens is 2. The lowest BCUT2D eigenvalue weighted by Gasteiger charge is -2.21. The molecule has 1 aliphatic carbocycles. The Hall–Kier alpha value is -3.63. The fourth-order valence-corrected chi connectivity index (χ4v) is 4.03. The van der Waals surface area contributed by atoms with Crippen molar-refractivity contribution in [2.75, 3.05) is 11.9 Å². The fraction of sp³-hybridized carbons (Fsp3) is 0.320. The molecule has 1 aliphatic rings. The van der Waals surface area contributed by atoms with Crippen molar-refractivity contribution in [3.05, 3.63) is 66.5 Å². The van der Waals surface area contributed by atoms with Gasteiger partial charge in [-0.2, -0.15) is 8.78 Å². The van der Waals surface area contributed by atoms with Crippen molar-refractivity contribution in [2.24, 2.45) is 0 Å². The molecule has 1 unspecified atom stereocenters. The Balaban J connectivity index is 1.36. The number of hydrogen-bond donors (Lipinski definition) is 4. The van der Waals surface area contributed by atoms with Crippen molar-refractivity contribution in [1.29, 1.82) is 0 Å². The van der Waals surface area contributed by atoms with Crippen LogP contribution in [-0.4, -0.2) is 51.5 Å². The van der Waals surface area contributed by atoms with Gasteiger partial charge in [0.2, 0.25) is 11.9 Å². The predicted molar refractivity (Wildman–Crippen MR) is 125 cm³/mol. The first-order valence-electron chi connectivity index (χ1n) is 11.3. The predicted octanol–water partition coefficient (Wildman–Crippen LogP) is 3.59. The van der Waals surface area contributed by atoms with E-state index in [0.717, 1.165) is 18.4 Å². The summed E-state index contributed by atoms with van der Waals surface area (Å²) in [5.41, 5.74) is 2.80. The maximum absolute atomic E-state index is 12.6. The quantitative estimate of drug-likeness (QED) is 0.367. The van der Waals surface area contributed by atoms with E-state index in [0.29, 0.717) is 29.2 Å². The van der Waals surface area contributed by atoms with E-state index in [4.69, 9.17) is 0 Å². The summed E-state index contributed by atoms with van der Waals surface area (Å²) in [6.07, 6.45) is 4.93. The highest BCUT2D eigenvalue weighted by molar-refractivity contribution is 5.84. The number of carbonyl (C=O) groups is 1. The van der Waals surface area contributed by atoms with Crippen molar-refractivity contribution in [3.8, 4) is 16.9 Å². The lowest BCUT2D eigenvalue weighted by molar-refractivity contribution is -0.124. The van der Waals surface area contributed by atoms with Crippen molar-refractivity contribution < 1.29 is 28.5 Å². The Morgan fingerprint density at radius 1 is 1.03 bits per heavy atom. The van der Waals surface area contributed by atoms with Crippen molar-refractivity contribution in [2.45, 2.75) is 43.9 Å².